The molecule has 2 unspecified atom stereocenters. The first-order valence-electron chi connectivity index (χ1n) is 8.78. The summed E-state index contributed by atoms with van der Waals surface area (Å²) >= 11 is 0. The zero-order valence-electron chi connectivity index (χ0n) is 14.7. The maximum atomic E-state index is 12.3. The Bertz CT molecular complexity index is 432. The van der Waals surface area contributed by atoms with Crippen LogP contribution < -0.4 is 5.32 Å². The van der Waals surface area contributed by atoms with E-state index in [2.05, 4.69) is 19.2 Å². The van der Waals surface area contributed by atoms with Gasteiger partial charge in [-0.1, -0.05) is 0 Å². The molecule has 4 fully saturated rings. The van der Waals surface area contributed by atoms with Crippen molar-refractivity contribution >= 4 is 6.09 Å². The van der Waals surface area contributed by atoms with Crippen LogP contribution in [0.2, 0.25) is 0 Å². The molecule has 0 aromatic heterocycles. The second-order valence-corrected chi connectivity index (χ2v) is 9.22. The first-order valence-corrected chi connectivity index (χ1v) is 8.78. The lowest BCUT2D eigenvalue weighted by Crippen LogP contribution is -2.66. The molecule has 0 aliphatic heterocycles. The maximum Gasteiger partial charge on any atom is 0.408 e. The van der Waals surface area contributed by atoms with Gasteiger partial charge in [-0.2, -0.15) is 0 Å². The molecule has 1 amide bonds. The van der Waals surface area contributed by atoms with E-state index in [4.69, 9.17) is 9.47 Å². The average molecular weight is 309 g/mol. The average Bonchev–Trinajstić information content (AvgIpc) is 2.19. The zero-order valence-corrected chi connectivity index (χ0v) is 14.7. The number of hydrogen-bond acceptors (Lipinski definition) is 3. The van der Waals surface area contributed by atoms with Gasteiger partial charge in [-0.25, -0.2) is 4.79 Å². The summed E-state index contributed by atoms with van der Waals surface area (Å²) in [4.78, 5) is 12.3. The molecule has 0 radical (unpaired) electrons. The van der Waals surface area contributed by atoms with Gasteiger partial charge in [-0.3, -0.25) is 0 Å². The fraction of sp³-hybridized carbons (Fsp3) is 0.944. The molecule has 126 valence electrons. The quantitative estimate of drug-likeness (QED) is 0.856. The van der Waals surface area contributed by atoms with Crippen LogP contribution in [0.4, 0.5) is 4.79 Å². The lowest BCUT2D eigenvalue weighted by molar-refractivity contribution is -0.190. The van der Waals surface area contributed by atoms with Crippen molar-refractivity contribution < 1.29 is 14.3 Å². The van der Waals surface area contributed by atoms with Gasteiger partial charge in [0.1, 0.15) is 5.60 Å². The minimum atomic E-state index is -0.446. The van der Waals surface area contributed by atoms with E-state index in [1.807, 2.05) is 20.8 Å². The second-order valence-electron chi connectivity index (χ2n) is 9.22. The number of hydrogen-bond donors (Lipinski definition) is 1. The van der Waals surface area contributed by atoms with Crippen LogP contribution >= 0.6 is 0 Å². The molecule has 1 N–H and O–H groups in total. The van der Waals surface area contributed by atoms with Crippen molar-refractivity contribution in [3.8, 4) is 0 Å². The van der Waals surface area contributed by atoms with Gasteiger partial charge in [0.25, 0.3) is 0 Å². The van der Waals surface area contributed by atoms with E-state index >= 15 is 0 Å². The summed E-state index contributed by atoms with van der Waals surface area (Å²) in [6, 6.07) is 0. The third-order valence-electron chi connectivity index (χ3n) is 5.26. The number of nitrogens with one attached hydrogen (secondary N) is 1. The van der Waals surface area contributed by atoms with Crippen molar-refractivity contribution in [1.29, 1.82) is 0 Å². The summed E-state index contributed by atoms with van der Waals surface area (Å²) in [6.45, 7) is 9.97. The van der Waals surface area contributed by atoms with Gasteiger partial charge < -0.3 is 14.8 Å². The van der Waals surface area contributed by atoms with Crippen LogP contribution in [0.1, 0.15) is 73.1 Å². The number of carbonyl (C=O) groups is 1. The standard InChI is InChI=1S/C18H31NO3/c1-12(2)21-18-9-13-6-14(10-18)8-17(7-13,11-18)19-15(20)22-16(3,4)5/h12-14H,6-11H2,1-5H3,(H,19,20). The van der Waals surface area contributed by atoms with E-state index in [0.717, 1.165) is 19.3 Å². The molecule has 4 bridgehead atoms. The van der Waals surface area contributed by atoms with Crippen LogP contribution in [0.3, 0.4) is 0 Å². The first-order chi connectivity index (χ1) is 10.1. The van der Waals surface area contributed by atoms with Crippen molar-refractivity contribution in [3.05, 3.63) is 0 Å². The third kappa shape index (κ3) is 3.27. The highest BCUT2D eigenvalue weighted by Gasteiger charge is 2.59. The van der Waals surface area contributed by atoms with Gasteiger partial charge in [0, 0.05) is 5.54 Å². The number of amides is 1. The zero-order chi connectivity index (χ0) is 16.2. The summed E-state index contributed by atoms with van der Waals surface area (Å²) in [7, 11) is 0. The molecule has 4 aliphatic carbocycles. The second kappa shape index (κ2) is 5.12. The van der Waals surface area contributed by atoms with E-state index in [0.29, 0.717) is 11.8 Å². The van der Waals surface area contributed by atoms with Gasteiger partial charge in [0.15, 0.2) is 0 Å². The molecule has 4 rings (SSSR count). The Hall–Kier alpha value is -0.770. The minimum absolute atomic E-state index is 0.0206. The molecule has 4 aliphatic rings. The monoisotopic (exact) mass is 309 g/mol. The van der Waals surface area contributed by atoms with Crippen molar-refractivity contribution in [3.63, 3.8) is 0 Å². The summed E-state index contributed by atoms with van der Waals surface area (Å²) in [6.07, 6.45) is 6.74. The Balaban J connectivity index is 1.75. The topological polar surface area (TPSA) is 47.6 Å². The fourth-order valence-electron chi connectivity index (χ4n) is 5.48. The van der Waals surface area contributed by atoms with Gasteiger partial charge >= 0.3 is 6.09 Å². The Morgan fingerprint density at radius 3 is 2.23 bits per heavy atom. The number of alkyl carbamates (subject to hydrolysis) is 1. The SMILES string of the molecule is CC(C)OC12CC3CC(CC(NC(=O)OC(C)(C)C)(C3)C1)C2. The first kappa shape index (κ1) is 16.1. The van der Waals surface area contributed by atoms with E-state index in [1.54, 1.807) is 0 Å². The normalized spacial score (nSPS) is 40.1. The van der Waals surface area contributed by atoms with Gasteiger partial charge in [-0.15, -0.1) is 0 Å². The Morgan fingerprint density at radius 2 is 1.73 bits per heavy atom. The maximum absolute atomic E-state index is 12.3. The molecule has 0 aromatic rings. The lowest BCUT2D eigenvalue weighted by Gasteiger charge is -2.61. The molecule has 0 spiro atoms. The van der Waals surface area contributed by atoms with E-state index in [1.165, 1.54) is 19.3 Å². The van der Waals surface area contributed by atoms with Crippen molar-refractivity contribution in [1.82, 2.24) is 5.32 Å². The van der Waals surface area contributed by atoms with Crippen LogP contribution in [-0.2, 0) is 9.47 Å². The van der Waals surface area contributed by atoms with Crippen LogP contribution in [0.15, 0.2) is 0 Å². The Labute approximate surface area is 134 Å². The molecule has 22 heavy (non-hydrogen) atoms. The van der Waals surface area contributed by atoms with Crippen LogP contribution in [0.25, 0.3) is 0 Å². The number of carbonyl (C=O) groups excluding carboxylic acids is 1. The molecule has 0 saturated heterocycles. The largest absolute Gasteiger partial charge is 0.444 e. The predicted octanol–water partition coefficient (Wildman–Crippen LogP) is 4.03. The van der Waals surface area contributed by atoms with Crippen LogP contribution in [0, 0.1) is 11.8 Å². The van der Waals surface area contributed by atoms with Crippen molar-refractivity contribution in [2.24, 2.45) is 11.8 Å². The molecule has 4 nitrogen and oxygen atoms in total. The smallest absolute Gasteiger partial charge is 0.408 e. The summed E-state index contributed by atoms with van der Waals surface area (Å²) < 4.78 is 11.9. The summed E-state index contributed by atoms with van der Waals surface area (Å²) in [5.74, 6) is 1.38. The highest BCUT2D eigenvalue weighted by atomic mass is 16.6. The van der Waals surface area contributed by atoms with Gasteiger partial charge in [-0.05, 0) is 85.0 Å². The molecular formula is C18H31NO3. The summed E-state index contributed by atoms with van der Waals surface area (Å²) in [5, 5.41) is 3.24. The minimum Gasteiger partial charge on any atom is -0.444 e. The molecule has 2 atom stereocenters. The van der Waals surface area contributed by atoms with Crippen LogP contribution in [0.5, 0.6) is 0 Å². The Kier molecular flexibility index (Phi) is 3.75. The third-order valence-corrected chi connectivity index (χ3v) is 5.26. The van der Waals surface area contributed by atoms with Crippen molar-refractivity contribution in [2.45, 2.75) is 96.0 Å². The van der Waals surface area contributed by atoms with E-state index in [9.17, 15) is 4.79 Å². The Morgan fingerprint density at radius 1 is 1.14 bits per heavy atom. The van der Waals surface area contributed by atoms with Crippen molar-refractivity contribution in [2.75, 3.05) is 0 Å². The van der Waals surface area contributed by atoms with Crippen LogP contribution in [-0.4, -0.2) is 28.9 Å². The highest BCUT2D eigenvalue weighted by Crippen LogP contribution is 2.59. The number of ether oxygens (including phenoxy) is 2. The van der Waals surface area contributed by atoms with Gasteiger partial charge in [0.2, 0.25) is 0 Å². The summed E-state index contributed by atoms with van der Waals surface area (Å²) in [5.41, 5.74) is -0.576. The fourth-order valence-corrected chi connectivity index (χ4v) is 5.48. The molecule has 0 aromatic carbocycles. The van der Waals surface area contributed by atoms with Gasteiger partial charge in [0.05, 0.1) is 11.7 Å². The molecule has 0 heterocycles. The number of rotatable bonds is 3. The molecule has 4 saturated carbocycles. The molecule has 4 heteroatoms. The highest BCUT2D eigenvalue weighted by molar-refractivity contribution is 5.69. The predicted molar refractivity (Wildman–Crippen MR) is 85.7 cm³/mol. The lowest BCUT2D eigenvalue weighted by atomic mass is 9.51. The van der Waals surface area contributed by atoms with E-state index in [-0.39, 0.29) is 23.3 Å². The van der Waals surface area contributed by atoms with E-state index < -0.39 is 5.60 Å². The molecular weight excluding hydrogens is 278 g/mol.